The van der Waals surface area contributed by atoms with E-state index in [0.717, 1.165) is 0 Å². The molecule has 0 amide bonds. The highest BCUT2D eigenvalue weighted by molar-refractivity contribution is 5.71. The van der Waals surface area contributed by atoms with Crippen molar-refractivity contribution in [2.45, 2.75) is 39.2 Å². The summed E-state index contributed by atoms with van der Waals surface area (Å²) in [5.41, 5.74) is 8.42. The molecule has 0 aliphatic heterocycles. The largest absolute Gasteiger partial charge is 0.489 e. The molecule has 3 rings (SSSR count). The lowest BCUT2D eigenvalue weighted by Crippen LogP contribution is -2.08. The minimum Gasteiger partial charge on any atom is -0.489 e. The van der Waals surface area contributed by atoms with Crippen LogP contribution in [0.5, 0.6) is 5.75 Å². The maximum absolute atomic E-state index is 15.1. The van der Waals surface area contributed by atoms with Crippen molar-refractivity contribution in [2.75, 3.05) is 0 Å². The molecule has 0 saturated heterocycles. The highest BCUT2D eigenvalue weighted by Gasteiger charge is 2.15. The summed E-state index contributed by atoms with van der Waals surface area (Å²) in [5.74, 6) is -1.09. The Morgan fingerprint density at radius 1 is 1.03 bits per heavy atom. The highest BCUT2D eigenvalue weighted by atomic mass is 19.3. The molecule has 0 unspecified atom stereocenters. The zero-order chi connectivity index (χ0) is 24.0. The number of carboxylic acid groups (broad SMARTS) is 1. The first-order chi connectivity index (χ1) is 15.7. The molecule has 0 heterocycles. The van der Waals surface area contributed by atoms with Gasteiger partial charge in [0.05, 0.1) is 13.0 Å². The molecule has 5 nitrogen and oxygen atoms in total. The van der Waals surface area contributed by atoms with E-state index in [1.165, 1.54) is 0 Å². The van der Waals surface area contributed by atoms with Crippen LogP contribution in [0.25, 0.3) is 11.1 Å². The number of para-hydroxylation sites is 1. The number of halogens is 3. The van der Waals surface area contributed by atoms with Crippen molar-refractivity contribution < 1.29 is 32.5 Å². The van der Waals surface area contributed by atoms with E-state index in [4.69, 9.17) is 15.6 Å². The second-order valence-electron chi connectivity index (χ2n) is 7.57. The summed E-state index contributed by atoms with van der Waals surface area (Å²) in [4.78, 5) is 11.1. The summed E-state index contributed by atoms with van der Waals surface area (Å²) in [6, 6.07) is 15.9. The molecule has 1 atom stereocenters. The standard InChI is InChI=1S/C25H24F3NO4/c1-15(29)20-6-4-7-21(24(20)26)19-10-16(9-17(11-19)14-33-25(27)28)13-32-22-8-3-2-5-18(22)12-23(30)31/h2-11,15,25H,12-14,29H2,1H3,(H,30,31)/t15-/m1/s1. The van der Waals surface area contributed by atoms with Gasteiger partial charge in [-0.15, -0.1) is 0 Å². The van der Waals surface area contributed by atoms with Crippen molar-refractivity contribution in [3.05, 3.63) is 88.7 Å². The molecule has 0 aromatic heterocycles. The number of carboxylic acids is 1. The molecule has 3 N–H and O–H groups in total. The van der Waals surface area contributed by atoms with Crippen molar-refractivity contribution >= 4 is 5.97 Å². The second kappa shape index (κ2) is 11.0. The number of nitrogens with two attached hydrogens (primary N) is 1. The fraction of sp³-hybridized carbons (Fsp3) is 0.240. The van der Waals surface area contributed by atoms with E-state index in [9.17, 15) is 13.6 Å². The van der Waals surface area contributed by atoms with Gasteiger partial charge in [0.25, 0.3) is 0 Å². The third-order valence-corrected chi connectivity index (χ3v) is 4.97. The van der Waals surface area contributed by atoms with Crippen LogP contribution >= 0.6 is 0 Å². The van der Waals surface area contributed by atoms with E-state index in [2.05, 4.69) is 4.74 Å². The number of carbonyl (C=O) groups is 1. The molecule has 0 bridgehead atoms. The quantitative estimate of drug-likeness (QED) is 0.421. The maximum atomic E-state index is 15.1. The van der Waals surface area contributed by atoms with Gasteiger partial charge in [-0.3, -0.25) is 4.79 Å². The first-order valence-electron chi connectivity index (χ1n) is 10.2. The normalized spacial score (nSPS) is 12.1. The van der Waals surface area contributed by atoms with Crippen LogP contribution in [0.15, 0.2) is 60.7 Å². The van der Waals surface area contributed by atoms with Gasteiger partial charge in [-0.25, -0.2) is 4.39 Å². The van der Waals surface area contributed by atoms with Gasteiger partial charge in [0, 0.05) is 22.7 Å². The summed E-state index contributed by atoms with van der Waals surface area (Å²) in [6.45, 7) is -1.64. The molecule has 3 aromatic carbocycles. The Bertz CT molecular complexity index is 1120. The predicted octanol–water partition coefficient (Wildman–Crippen LogP) is 5.46. The number of benzene rings is 3. The zero-order valence-electron chi connectivity index (χ0n) is 17.9. The van der Waals surface area contributed by atoms with Gasteiger partial charge in [0.15, 0.2) is 0 Å². The third kappa shape index (κ3) is 6.57. The molecule has 0 fully saturated rings. The van der Waals surface area contributed by atoms with Crippen LogP contribution in [0.2, 0.25) is 0 Å². The molecule has 33 heavy (non-hydrogen) atoms. The number of ether oxygens (including phenoxy) is 2. The molecule has 174 valence electrons. The van der Waals surface area contributed by atoms with Crippen LogP contribution in [-0.2, 0) is 29.2 Å². The first kappa shape index (κ1) is 24.3. The zero-order valence-corrected chi connectivity index (χ0v) is 17.9. The Morgan fingerprint density at radius 3 is 2.39 bits per heavy atom. The maximum Gasteiger partial charge on any atom is 0.345 e. The van der Waals surface area contributed by atoms with Gasteiger partial charge >= 0.3 is 12.6 Å². The second-order valence-corrected chi connectivity index (χ2v) is 7.57. The first-order valence-corrected chi connectivity index (χ1v) is 10.2. The Morgan fingerprint density at radius 2 is 1.73 bits per heavy atom. The molecule has 0 saturated carbocycles. The lowest BCUT2D eigenvalue weighted by atomic mass is 9.96. The third-order valence-electron chi connectivity index (χ3n) is 4.97. The van der Waals surface area contributed by atoms with Crippen molar-refractivity contribution in [1.29, 1.82) is 0 Å². The molecular formula is C25H24F3NO4. The number of hydrogen-bond acceptors (Lipinski definition) is 4. The van der Waals surface area contributed by atoms with Crippen molar-refractivity contribution in [2.24, 2.45) is 5.73 Å². The van der Waals surface area contributed by atoms with E-state index in [1.54, 1.807) is 67.6 Å². The minimum absolute atomic E-state index is 0.0146. The van der Waals surface area contributed by atoms with Crippen molar-refractivity contribution in [3.63, 3.8) is 0 Å². The lowest BCUT2D eigenvalue weighted by Gasteiger charge is -2.15. The van der Waals surface area contributed by atoms with Gasteiger partial charge in [0.2, 0.25) is 0 Å². The van der Waals surface area contributed by atoms with Crippen LogP contribution in [-0.4, -0.2) is 17.7 Å². The summed E-state index contributed by atoms with van der Waals surface area (Å²) in [5, 5.41) is 9.09. The summed E-state index contributed by atoms with van der Waals surface area (Å²) in [7, 11) is 0. The number of rotatable bonds is 10. The highest BCUT2D eigenvalue weighted by Crippen LogP contribution is 2.30. The molecule has 0 spiro atoms. The average Bonchev–Trinajstić information content (AvgIpc) is 2.76. The Balaban J connectivity index is 1.95. The Hall–Kier alpha value is -3.36. The summed E-state index contributed by atoms with van der Waals surface area (Å²) in [6.07, 6.45) is -0.209. The Labute approximate surface area is 189 Å². The number of hydrogen-bond donors (Lipinski definition) is 2. The monoisotopic (exact) mass is 459 g/mol. The topological polar surface area (TPSA) is 81.8 Å². The van der Waals surface area contributed by atoms with Gasteiger partial charge in [-0.2, -0.15) is 8.78 Å². The van der Waals surface area contributed by atoms with Gasteiger partial charge in [0.1, 0.15) is 18.2 Å². The molecule has 0 radical (unpaired) electrons. The average molecular weight is 459 g/mol. The summed E-state index contributed by atoms with van der Waals surface area (Å²) >= 11 is 0. The molecular weight excluding hydrogens is 435 g/mol. The Kier molecular flexibility index (Phi) is 8.08. The van der Waals surface area contributed by atoms with E-state index in [0.29, 0.717) is 33.6 Å². The molecule has 8 heteroatoms. The van der Waals surface area contributed by atoms with Crippen LogP contribution in [0.1, 0.15) is 35.2 Å². The fourth-order valence-electron chi connectivity index (χ4n) is 3.48. The van der Waals surface area contributed by atoms with E-state index in [1.807, 2.05) is 0 Å². The summed E-state index contributed by atoms with van der Waals surface area (Å²) < 4.78 is 50.6. The van der Waals surface area contributed by atoms with Crippen LogP contribution in [0.4, 0.5) is 13.2 Å². The molecule has 3 aromatic rings. The molecule has 0 aliphatic carbocycles. The van der Waals surface area contributed by atoms with E-state index < -0.39 is 24.4 Å². The minimum atomic E-state index is -2.95. The van der Waals surface area contributed by atoms with Gasteiger partial charge in [-0.1, -0.05) is 42.5 Å². The van der Waals surface area contributed by atoms with Gasteiger partial charge in [-0.05, 0) is 41.8 Å². The predicted molar refractivity (Wildman–Crippen MR) is 117 cm³/mol. The number of alkyl halides is 2. The van der Waals surface area contributed by atoms with Crippen molar-refractivity contribution in [1.82, 2.24) is 0 Å². The fourth-order valence-corrected chi connectivity index (χ4v) is 3.48. The smallest absolute Gasteiger partial charge is 0.345 e. The lowest BCUT2D eigenvalue weighted by molar-refractivity contribution is -0.137. The SMILES string of the molecule is C[C@@H](N)c1cccc(-c2cc(COc3ccccc3CC(=O)O)cc(COC(F)F)c2)c1F. The van der Waals surface area contributed by atoms with Crippen LogP contribution < -0.4 is 10.5 Å². The van der Waals surface area contributed by atoms with Crippen molar-refractivity contribution in [3.8, 4) is 16.9 Å². The molecule has 0 aliphatic rings. The van der Waals surface area contributed by atoms with E-state index >= 15 is 4.39 Å². The van der Waals surface area contributed by atoms with Crippen LogP contribution in [0, 0.1) is 5.82 Å². The van der Waals surface area contributed by atoms with Gasteiger partial charge < -0.3 is 20.3 Å². The number of aliphatic carboxylic acids is 1. The van der Waals surface area contributed by atoms with Crippen LogP contribution in [0.3, 0.4) is 0 Å². The van der Waals surface area contributed by atoms with E-state index in [-0.39, 0.29) is 25.2 Å².